The molecule has 0 unspecified atom stereocenters. The van der Waals surface area contributed by atoms with Crippen molar-refractivity contribution in [3.63, 3.8) is 0 Å². The molecule has 5 rings (SSSR count). The number of carboxylic acids is 1. The van der Waals surface area contributed by atoms with E-state index in [-0.39, 0.29) is 38.4 Å². The molecule has 4 aromatic rings. The first kappa shape index (κ1) is 30.8. The van der Waals surface area contributed by atoms with E-state index in [1.54, 1.807) is 6.07 Å². The number of aromatic nitrogens is 2. The van der Waals surface area contributed by atoms with E-state index in [1.807, 2.05) is 4.90 Å². The largest absolute Gasteiger partial charge is 0.481 e. The van der Waals surface area contributed by atoms with Gasteiger partial charge in [0.05, 0.1) is 33.9 Å². The van der Waals surface area contributed by atoms with Crippen LogP contribution in [0.4, 0.5) is 34.6 Å². The fourth-order valence-electron chi connectivity index (χ4n) is 5.13. The van der Waals surface area contributed by atoms with E-state index in [0.29, 0.717) is 23.5 Å². The smallest absolute Gasteiger partial charge is 0.408 e. The minimum absolute atomic E-state index is 0.0825. The first-order valence-electron chi connectivity index (χ1n) is 13.6. The van der Waals surface area contributed by atoms with Crippen LogP contribution in [0.2, 0.25) is 0 Å². The molecule has 1 aliphatic rings. The van der Waals surface area contributed by atoms with Crippen LogP contribution >= 0.6 is 0 Å². The zero-order chi connectivity index (χ0) is 31.6. The molecule has 0 atom stereocenters. The van der Waals surface area contributed by atoms with Gasteiger partial charge in [-0.3, -0.25) is 19.0 Å². The predicted molar refractivity (Wildman–Crippen MR) is 155 cm³/mol. The molecule has 1 amide bonds. The monoisotopic (exact) mass is 633 g/mol. The molecule has 44 heavy (non-hydrogen) atoms. The van der Waals surface area contributed by atoms with Crippen molar-refractivity contribution >= 4 is 49.9 Å². The van der Waals surface area contributed by atoms with Gasteiger partial charge in [0, 0.05) is 18.5 Å². The molecule has 15 heteroatoms. The third kappa shape index (κ3) is 6.93. The first-order valence-corrected chi connectivity index (χ1v) is 15.0. The van der Waals surface area contributed by atoms with Crippen molar-refractivity contribution in [1.29, 1.82) is 0 Å². The van der Waals surface area contributed by atoms with Gasteiger partial charge in [-0.05, 0) is 67.3 Å². The second-order valence-electron chi connectivity index (χ2n) is 10.3. The second kappa shape index (κ2) is 12.1. The molecule has 3 aromatic carbocycles. The number of carboxylic acid groups (broad SMARTS) is 1. The maximum atomic E-state index is 13.8. The lowest BCUT2D eigenvalue weighted by molar-refractivity contribution is -0.142. The number of hydrogen-bond acceptors (Lipinski definition) is 6. The van der Waals surface area contributed by atoms with Crippen LogP contribution in [0.3, 0.4) is 0 Å². The highest BCUT2D eigenvalue weighted by Crippen LogP contribution is 2.33. The minimum Gasteiger partial charge on any atom is -0.481 e. The third-order valence-electron chi connectivity index (χ3n) is 7.08. The summed E-state index contributed by atoms with van der Waals surface area (Å²) in [6.07, 6.45) is -2.52. The van der Waals surface area contributed by atoms with E-state index < -0.39 is 46.9 Å². The highest BCUT2D eigenvalue weighted by Gasteiger charge is 2.31. The highest BCUT2D eigenvalue weighted by molar-refractivity contribution is 7.92. The summed E-state index contributed by atoms with van der Waals surface area (Å²) < 4.78 is 83.3. The lowest BCUT2D eigenvalue weighted by Gasteiger charge is -2.30. The van der Waals surface area contributed by atoms with Gasteiger partial charge in [0.15, 0.2) is 5.69 Å². The highest BCUT2D eigenvalue weighted by atomic mass is 32.2. The average molecular weight is 634 g/mol. The van der Waals surface area contributed by atoms with Crippen molar-refractivity contribution in [2.24, 2.45) is 0 Å². The molecule has 1 aliphatic heterocycles. The van der Waals surface area contributed by atoms with Gasteiger partial charge in [-0.15, -0.1) is 0 Å². The number of alkyl halides is 3. The fraction of sp³-hybridized carbons (Fsp3) is 0.276. The van der Waals surface area contributed by atoms with Crippen LogP contribution in [-0.2, 0) is 27.8 Å². The summed E-state index contributed by atoms with van der Waals surface area (Å²) in [6.45, 7) is -0.151. The number of fused-ring (bicyclic) bond motifs is 1. The van der Waals surface area contributed by atoms with E-state index in [4.69, 9.17) is 0 Å². The molecule has 10 nitrogen and oxygen atoms in total. The normalized spacial score (nSPS) is 14.0. The number of para-hydroxylation sites is 1. The van der Waals surface area contributed by atoms with E-state index in [9.17, 15) is 40.7 Å². The Morgan fingerprint density at radius 2 is 1.68 bits per heavy atom. The van der Waals surface area contributed by atoms with Crippen LogP contribution < -0.4 is 14.9 Å². The molecule has 1 fully saturated rings. The van der Waals surface area contributed by atoms with E-state index in [0.717, 1.165) is 37.5 Å². The summed E-state index contributed by atoms with van der Waals surface area (Å²) in [5.74, 6) is -2.88. The number of amides is 1. The molecule has 0 spiro atoms. The molecule has 1 saturated heterocycles. The lowest BCUT2D eigenvalue weighted by Crippen LogP contribution is -2.30. The van der Waals surface area contributed by atoms with Crippen molar-refractivity contribution in [1.82, 2.24) is 9.78 Å². The Labute approximate surface area is 249 Å². The van der Waals surface area contributed by atoms with Crippen molar-refractivity contribution in [3.8, 4) is 0 Å². The second-order valence-corrected chi connectivity index (χ2v) is 12.0. The van der Waals surface area contributed by atoms with Crippen LogP contribution in [0.25, 0.3) is 10.9 Å². The molecular weight excluding hydrogens is 606 g/mol. The molecule has 2 heterocycles. The number of anilines is 3. The molecular formula is C29H27F4N5O5S. The van der Waals surface area contributed by atoms with Crippen molar-refractivity contribution in [3.05, 3.63) is 77.7 Å². The molecule has 0 radical (unpaired) electrons. The Balaban J connectivity index is 1.52. The van der Waals surface area contributed by atoms with Crippen LogP contribution in [0.15, 0.2) is 65.6 Å². The van der Waals surface area contributed by atoms with Crippen LogP contribution in [0.1, 0.15) is 35.3 Å². The number of sulfonamides is 1. The molecule has 0 aliphatic carbocycles. The maximum absolute atomic E-state index is 13.8. The summed E-state index contributed by atoms with van der Waals surface area (Å²) in [5, 5.41) is 16.0. The van der Waals surface area contributed by atoms with Gasteiger partial charge in [-0.2, -0.15) is 18.3 Å². The van der Waals surface area contributed by atoms with Gasteiger partial charge in [0.2, 0.25) is 0 Å². The zero-order valence-corrected chi connectivity index (χ0v) is 23.9. The Morgan fingerprint density at radius 1 is 0.955 bits per heavy atom. The van der Waals surface area contributed by atoms with Crippen molar-refractivity contribution < 1.29 is 40.7 Å². The van der Waals surface area contributed by atoms with Gasteiger partial charge in [-0.25, -0.2) is 12.8 Å². The van der Waals surface area contributed by atoms with Crippen LogP contribution in [-0.4, -0.2) is 54.4 Å². The van der Waals surface area contributed by atoms with Crippen molar-refractivity contribution in [2.45, 2.75) is 43.3 Å². The number of carbonyl (C=O) groups excluding carboxylic acids is 1. The average Bonchev–Trinajstić information content (AvgIpc) is 3.31. The summed E-state index contributed by atoms with van der Waals surface area (Å²) in [7, 11) is -4.39. The van der Waals surface area contributed by atoms with Crippen LogP contribution in [0.5, 0.6) is 0 Å². The SMILES string of the molecule is O=C(O)Cc1cc(F)ccc1NS(=O)(=O)c1ccc(N2CCCCC2)c(NC(=O)c2nn(CC(F)(F)F)c3ccccc23)c1. The van der Waals surface area contributed by atoms with Gasteiger partial charge < -0.3 is 15.3 Å². The van der Waals surface area contributed by atoms with Gasteiger partial charge in [0.25, 0.3) is 15.9 Å². The first-order chi connectivity index (χ1) is 20.8. The Morgan fingerprint density at radius 3 is 2.39 bits per heavy atom. The minimum atomic E-state index is -4.59. The third-order valence-corrected chi connectivity index (χ3v) is 8.44. The lowest BCUT2D eigenvalue weighted by atomic mass is 10.1. The van der Waals surface area contributed by atoms with Crippen molar-refractivity contribution in [2.75, 3.05) is 28.0 Å². The Kier molecular flexibility index (Phi) is 8.50. The number of nitrogens with zero attached hydrogens (tertiary/aromatic N) is 3. The number of nitrogens with one attached hydrogen (secondary N) is 2. The maximum Gasteiger partial charge on any atom is 0.408 e. The summed E-state index contributed by atoms with van der Waals surface area (Å²) in [4.78, 5) is 26.5. The number of halogens is 4. The molecule has 3 N–H and O–H groups in total. The molecule has 1 aromatic heterocycles. The van der Waals surface area contributed by atoms with E-state index >= 15 is 0 Å². The van der Waals surface area contributed by atoms with E-state index in [1.165, 1.54) is 36.4 Å². The van der Waals surface area contributed by atoms with E-state index in [2.05, 4.69) is 15.1 Å². The number of aliphatic carboxylic acids is 1. The van der Waals surface area contributed by atoms with Crippen LogP contribution in [0, 0.1) is 5.82 Å². The van der Waals surface area contributed by atoms with Gasteiger partial charge >= 0.3 is 12.1 Å². The molecule has 0 bridgehead atoms. The number of carbonyl (C=O) groups is 2. The topological polar surface area (TPSA) is 134 Å². The number of rotatable bonds is 9. The number of piperidine rings is 1. The standard InChI is InChI=1S/C29H27F4N5O5S/c30-19-8-10-22(18(14-19)15-26(39)40)36-44(42,43)20-9-11-25(37-12-4-1-5-13-37)23(16-20)34-28(41)27-21-6-2-3-7-24(21)38(35-27)17-29(31,32)33/h2-3,6-11,14,16,36H,1,4-5,12-13,15,17H2,(H,34,41)(H,39,40). The summed E-state index contributed by atoms with van der Waals surface area (Å²) >= 11 is 0. The quantitative estimate of drug-likeness (QED) is 0.210. The van der Waals surface area contributed by atoms with Gasteiger partial charge in [-0.1, -0.05) is 18.2 Å². The Hall–Kier alpha value is -4.66. The summed E-state index contributed by atoms with van der Waals surface area (Å²) in [5.41, 5.74) is 0.180. The Bertz CT molecular complexity index is 1840. The number of hydrogen-bond donors (Lipinski definition) is 3. The summed E-state index contributed by atoms with van der Waals surface area (Å²) in [6, 6.07) is 13.0. The van der Waals surface area contributed by atoms with Gasteiger partial charge in [0.1, 0.15) is 12.4 Å². The molecule has 232 valence electrons. The zero-order valence-electron chi connectivity index (χ0n) is 23.1. The fourth-order valence-corrected chi connectivity index (χ4v) is 6.26. The predicted octanol–water partition coefficient (Wildman–Crippen LogP) is 5.41. The number of benzene rings is 3. The molecule has 0 saturated carbocycles.